The topological polar surface area (TPSA) is 38.7 Å². The van der Waals surface area contributed by atoms with Crippen molar-refractivity contribution in [1.82, 2.24) is 0 Å². The molecule has 0 aliphatic heterocycles. The summed E-state index contributed by atoms with van der Waals surface area (Å²) in [4.78, 5) is 13.6. The average Bonchev–Trinajstić information content (AvgIpc) is 2.18. The van der Waals surface area contributed by atoms with Crippen LogP contribution in [0.2, 0.25) is 10.0 Å². The average molecular weight is 232 g/mol. The summed E-state index contributed by atoms with van der Waals surface area (Å²) < 4.78 is 4.99. The van der Waals surface area contributed by atoms with E-state index in [1.807, 2.05) is 0 Å². The van der Waals surface area contributed by atoms with Gasteiger partial charge in [-0.2, -0.15) is 4.99 Å². The van der Waals surface area contributed by atoms with Crippen LogP contribution in [0.15, 0.2) is 11.1 Å². The molecule has 0 N–H and O–H groups in total. The van der Waals surface area contributed by atoms with Crippen LogP contribution in [-0.4, -0.2) is 13.2 Å². The number of nitrogens with zero attached hydrogens (tertiary/aromatic N) is 1. The van der Waals surface area contributed by atoms with Crippen molar-refractivity contribution < 1.29 is 9.53 Å². The molecule has 3 nitrogen and oxygen atoms in total. The molecule has 0 unspecified atom stereocenters. The number of aliphatic imine (C=N–C) groups is 1. The van der Waals surface area contributed by atoms with E-state index in [-0.39, 0.29) is 10.7 Å². The number of rotatable bonds is 2. The number of halogens is 2. The third-order valence-electron chi connectivity index (χ3n) is 1.70. The number of methoxy groups -OCH3 is 1. The number of carbonyl (C=O) groups excluding carboxylic acids is 1. The lowest BCUT2D eigenvalue weighted by Crippen LogP contribution is -1.87. The van der Waals surface area contributed by atoms with E-state index in [9.17, 15) is 4.79 Å². The highest BCUT2D eigenvalue weighted by molar-refractivity contribution is 6.40. The Bertz CT molecular complexity index is 412. The maximum atomic E-state index is 10.1. The third kappa shape index (κ3) is 1.90. The number of aryl methyl sites for hydroxylation is 1. The highest BCUT2D eigenvalue weighted by Crippen LogP contribution is 2.41. The number of benzene rings is 1. The maximum Gasteiger partial charge on any atom is 0.240 e. The molecule has 1 aromatic carbocycles. The first kappa shape index (κ1) is 11.1. The molecule has 0 heterocycles. The van der Waals surface area contributed by atoms with Gasteiger partial charge < -0.3 is 4.74 Å². The van der Waals surface area contributed by atoms with Crippen molar-refractivity contribution in [3.8, 4) is 5.75 Å². The van der Waals surface area contributed by atoms with E-state index in [0.29, 0.717) is 10.8 Å². The van der Waals surface area contributed by atoms with Crippen molar-refractivity contribution in [2.75, 3.05) is 7.11 Å². The second-order valence-electron chi connectivity index (χ2n) is 2.58. The van der Waals surface area contributed by atoms with E-state index >= 15 is 0 Å². The lowest BCUT2D eigenvalue weighted by Gasteiger charge is -2.08. The summed E-state index contributed by atoms with van der Waals surface area (Å²) in [6.45, 7) is 1.77. The number of hydrogen-bond donors (Lipinski definition) is 0. The molecule has 0 aliphatic rings. The molecule has 1 aromatic rings. The van der Waals surface area contributed by atoms with E-state index in [1.165, 1.54) is 13.2 Å². The Kier molecular flexibility index (Phi) is 3.53. The minimum absolute atomic E-state index is 0.195. The van der Waals surface area contributed by atoms with Crippen molar-refractivity contribution in [2.45, 2.75) is 6.92 Å². The minimum Gasteiger partial charge on any atom is -0.495 e. The molecule has 0 atom stereocenters. The first-order valence-electron chi connectivity index (χ1n) is 3.72. The molecule has 0 radical (unpaired) electrons. The largest absolute Gasteiger partial charge is 0.495 e. The van der Waals surface area contributed by atoms with Gasteiger partial charge in [0.25, 0.3) is 0 Å². The van der Waals surface area contributed by atoms with Gasteiger partial charge in [-0.1, -0.05) is 23.2 Å². The monoisotopic (exact) mass is 231 g/mol. The summed E-state index contributed by atoms with van der Waals surface area (Å²) in [5.41, 5.74) is 0.933. The Morgan fingerprint density at radius 1 is 1.43 bits per heavy atom. The molecule has 0 amide bonds. The second-order valence-corrected chi connectivity index (χ2v) is 3.33. The predicted molar refractivity (Wildman–Crippen MR) is 55.5 cm³/mol. The summed E-state index contributed by atoms with van der Waals surface area (Å²) in [6, 6.07) is 1.68. The smallest absolute Gasteiger partial charge is 0.240 e. The Morgan fingerprint density at radius 2 is 2.07 bits per heavy atom. The van der Waals surface area contributed by atoms with Gasteiger partial charge in [0.1, 0.15) is 16.5 Å². The summed E-state index contributed by atoms with van der Waals surface area (Å²) in [6.07, 6.45) is 1.39. The number of ether oxygens (including phenoxy) is 1. The quantitative estimate of drug-likeness (QED) is 0.579. The molecule has 14 heavy (non-hydrogen) atoms. The lowest BCUT2D eigenvalue weighted by molar-refractivity contribution is 0.415. The van der Waals surface area contributed by atoms with Crippen LogP contribution in [0.5, 0.6) is 5.75 Å². The summed E-state index contributed by atoms with van der Waals surface area (Å²) in [5, 5.41) is 0.547. The zero-order valence-electron chi connectivity index (χ0n) is 7.60. The normalized spacial score (nSPS) is 9.43. The standard InChI is InChI=1S/C9H7Cl2NO2/c1-5-3-6(14-2)8(11)9(7(5)10)12-4-13/h3H,1-2H3. The van der Waals surface area contributed by atoms with E-state index in [0.717, 1.165) is 5.56 Å². The SMILES string of the molecule is COc1cc(C)c(Cl)c(N=C=O)c1Cl. The molecule has 5 heteroatoms. The molecule has 0 saturated heterocycles. The van der Waals surface area contributed by atoms with Crippen LogP contribution < -0.4 is 4.74 Å². The van der Waals surface area contributed by atoms with Crippen molar-refractivity contribution in [3.63, 3.8) is 0 Å². The van der Waals surface area contributed by atoms with Gasteiger partial charge in [-0.3, -0.25) is 0 Å². The van der Waals surface area contributed by atoms with Gasteiger partial charge >= 0.3 is 0 Å². The molecule has 0 aliphatic carbocycles. The molecule has 0 bridgehead atoms. The van der Waals surface area contributed by atoms with Gasteiger partial charge in [0.2, 0.25) is 6.08 Å². The zero-order valence-corrected chi connectivity index (χ0v) is 9.11. The maximum absolute atomic E-state index is 10.1. The van der Waals surface area contributed by atoms with Crippen molar-refractivity contribution in [3.05, 3.63) is 21.7 Å². The molecule has 0 saturated carbocycles. The molecule has 74 valence electrons. The van der Waals surface area contributed by atoms with Gasteiger partial charge in [0.05, 0.1) is 12.1 Å². The molecule has 0 aromatic heterocycles. The Balaban J connectivity index is 3.52. The Hall–Kier alpha value is -1.02. The van der Waals surface area contributed by atoms with Crippen LogP contribution >= 0.6 is 23.2 Å². The second kappa shape index (κ2) is 4.47. The van der Waals surface area contributed by atoms with Gasteiger partial charge in [-0.05, 0) is 18.6 Å². The van der Waals surface area contributed by atoms with Crippen LogP contribution in [0.25, 0.3) is 0 Å². The van der Waals surface area contributed by atoms with Gasteiger partial charge in [0.15, 0.2) is 0 Å². The molecular formula is C9H7Cl2NO2. The zero-order chi connectivity index (χ0) is 10.7. The first-order valence-corrected chi connectivity index (χ1v) is 4.47. The Morgan fingerprint density at radius 3 is 2.57 bits per heavy atom. The van der Waals surface area contributed by atoms with Gasteiger partial charge in [-0.25, -0.2) is 4.79 Å². The first-order chi connectivity index (χ1) is 6.61. The predicted octanol–water partition coefficient (Wildman–Crippen LogP) is 3.28. The molecule has 0 spiro atoms. The van der Waals surface area contributed by atoms with E-state index < -0.39 is 0 Å². The van der Waals surface area contributed by atoms with E-state index in [4.69, 9.17) is 27.9 Å². The number of hydrogen-bond acceptors (Lipinski definition) is 3. The highest BCUT2D eigenvalue weighted by Gasteiger charge is 2.13. The fourth-order valence-electron chi connectivity index (χ4n) is 1.02. The van der Waals surface area contributed by atoms with Gasteiger partial charge in [-0.15, -0.1) is 0 Å². The van der Waals surface area contributed by atoms with Gasteiger partial charge in [0, 0.05) is 0 Å². The molecular weight excluding hydrogens is 225 g/mol. The van der Waals surface area contributed by atoms with Crippen LogP contribution in [0, 0.1) is 6.92 Å². The van der Waals surface area contributed by atoms with E-state index in [2.05, 4.69) is 4.99 Å². The van der Waals surface area contributed by atoms with E-state index in [1.54, 1.807) is 13.0 Å². The molecule has 1 rings (SSSR count). The van der Waals surface area contributed by atoms with Crippen LogP contribution in [0.4, 0.5) is 5.69 Å². The summed E-state index contributed by atoms with van der Waals surface area (Å²) >= 11 is 11.8. The number of isocyanates is 1. The minimum atomic E-state index is 0.195. The van der Waals surface area contributed by atoms with Crippen LogP contribution in [0.3, 0.4) is 0 Å². The van der Waals surface area contributed by atoms with Crippen molar-refractivity contribution in [1.29, 1.82) is 0 Å². The van der Waals surface area contributed by atoms with Crippen molar-refractivity contribution in [2.24, 2.45) is 4.99 Å². The third-order valence-corrected chi connectivity index (χ3v) is 2.55. The fraction of sp³-hybridized carbons (Fsp3) is 0.222. The molecule has 0 fully saturated rings. The Labute approximate surface area is 91.3 Å². The lowest BCUT2D eigenvalue weighted by atomic mass is 10.2. The highest BCUT2D eigenvalue weighted by atomic mass is 35.5. The van der Waals surface area contributed by atoms with Crippen LogP contribution in [-0.2, 0) is 4.79 Å². The summed E-state index contributed by atoms with van der Waals surface area (Å²) in [7, 11) is 1.48. The van der Waals surface area contributed by atoms with Crippen LogP contribution in [0.1, 0.15) is 5.56 Å². The summed E-state index contributed by atoms with van der Waals surface area (Å²) in [5.74, 6) is 0.433. The fourth-order valence-corrected chi connectivity index (χ4v) is 1.52. The van der Waals surface area contributed by atoms with Crippen molar-refractivity contribution >= 4 is 35.0 Å².